The van der Waals surface area contributed by atoms with E-state index in [1.165, 1.54) is 0 Å². The van der Waals surface area contributed by atoms with E-state index in [9.17, 15) is 9.90 Å². The Morgan fingerprint density at radius 3 is 2.25 bits per heavy atom. The van der Waals surface area contributed by atoms with Crippen LogP contribution in [0.25, 0.3) is 0 Å². The molecular weight excluding hydrogens is 352 g/mol. The van der Waals surface area contributed by atoms with E-state index >= 15 is 0 Å². The lowest BCUT2D eigenvalue weighted by atomic mass is 9.83. The molecule has 0 amide bonds. The van der Waals surface area contributed by atoms with Gasteiger partial charge in [0.05, 0.1) is 11.7 Å². The number of nitrogens with zero attached hydrogens (tertiary/aromatic N) is 4. The average molecular weight is 374 g/mol. The Balaban J connectivity index is 1.88. The zero-order valence-corrected chi connectivity index (χ0v) is 15.4. The van der Waals surface area contributed by atoms with Gasteiger partial charge in [-0.25, -0.2) is 0 Å². The summed E-state index contributed by atoms with van der Waals surface area (Å²) in [6.07, 6.45) is 10.4. The summed E-state index contributed by atoms with van der Waals surface area (Å²) in [7, 11) is 0. The smallest absolute Gasteiger partial charge is 0.320 e. The molecule has 1 saturated heterocycles. The third kappa shape index (κ3) is 3.64. The summed E-state index contributed by atoms with van der Waals surface area (Å²) in [5.41, 5.74) is 2.89. The van der Waals surface area contributed by atoms with Crippen LogP contribution in [0.5, 0.6) is 0 Å². The maximum absolute atomic E-state index is 12.0. The second kappa shape index (κ2) is 8.27. The summed E-state index contributed by atoms with van der Waals surface area (Å²) in [4.78, 5) is 27.3. The maximum Gasteiger partial charge on any atom is 0.320 e. The minimum Gasteiger partial charge on any atom is -0.480 e. The van der Waals surface area contributed by atoms with Gasteiger partial charge in [-0.1, -0.05) is 18.2 Å². The van der Waals surface area contributed by atoms with E-state index in [2.05, 4.69) is 19.9 Å². The first-order valence-electron chi connectivity index (χ1n) is 9.45. The Kier molecular flexibility index (Phi) is 5.39. The van der Waals surface area contributed by atoms with Gasteiger partial charge in [0.1, 0.15) is 6.04 Å². The lowest BCUT2D eigenvalue weighted by molar-refractivity contribution is -0.143. The van der Waals surface area contributed by atoms with Crippen LogP contribution in [0.1, 0.15) is 41.6 Å². The molecule has 0 saturated carbocycles. The van der Waals surface area contributed by atoms with Crippen molar-refractivity contribution in [2.45, 2.75) is 30.8 Å². The number of hydrogen-bond acceptors (Lipinski definition) is 5. The molecule has 1 N–H and O–H groups in total. The molecule has 1 aliphatic rings. The van der Waals surface area contributed by atoms with Crippen LogP contribution < -0.4 is 0 Å². The molecule has 3 aromatic heterocycles. The molecule has 28 heavy (non-hydrogen) atoms. The molecule has 4 heterocycles. The number of rotatable bonds is 6. The largest absolute Gasteiger partial charge is 0.480 e. The molecule has 0 bridgehead atoms. The van der Waals surface area contributed by atoms with Crippen LogP contribution in [0.3, 0.4) is 0 Å². The molecule has 142 valence electrons. The van der Waals surface area contributed by atoms with Gasteiger partial charge >= 0.3 is 5.97 Å². The summed E-state index contributed by atoms with van der Waals surface area (Å²) in [6.45, 7) is 0.717. The number of hydrogen-bond donors (Lipinski definition) is 1. The van der Waals surface area contributed by atoms with Gasteiger partial charge in [0.15, 0.2) is 0 Å². The normalized spacial score (nSPS) is 18.2. The van der Waals surface area contributed by atoms with Crippen molar-refractivity contribution in [2.75, 3.05) is 6.54 Å². The minimum atomic E-state index is -0.783. The molecule has 1 aliphatic heterocycles. The van der Waals surface area contributed by atoms with E-state index in [0.717, 1.165) is 29.8 Å². The Morgan fingerprint density at radius 2 is 1.71 bits per heavy atom. The summed E-state index contributed by atoms with van der Waals surface area (Å²) in [6, 6.07) is 12.9. The van der Waals surface area contributed by atoms with Crippen molar-refractivity contribution < 1.29 is 9.90 Å². The summed E-state index contributed by atoms with van der Waals surface area (Å²) >= 11 is 0. The molecule has 0 spiro atoms. The first-order valence-corrected chi connectivity index (χ1v) is 9.45. The second-order valence-corrected chi connectivity index (χ2v) is 6.98. The van der Waals surface area contributed by atoms with Crippen LogP contribution in [0.2, 0.25) is 0 Å². The van der Waals surface area contributed by atoms with Crippen LogP contribution in [0, 0.1) is 0 Å². The van der Waals surface area contributed by atoms with Gasteiger partial charge in [0.25, 0.3) is 0 Å². The zero-order chi connectivity index (χ0) is 19.3. The highest BCUT2D eigenvalue weighted by Crippen LogP contribution is 2.42. The fourth-order valence-electron chi connectivity index (χ4n) is 4.15. The standard InChI is InChI=1S/C22H22N4O2/c27-22(28)19-9-5-13-26(19)21(18-8-1-2-12-25-18)20(16-6-3-10-23-14-16)17-7-4-11-24-15-17/h1-4,6-8,10-12,14-15,19-21H,5,9,13H2,(H,27,28)/t19-,21?/m0/s1. The number of carboxylic acid groups (broad SMARTS) is 1. The summed E-state index contributed by atoms with van der Waals surface area (Å²) in [5.74, 6) is -0.910. The second-order valence-electron chi connectivity index (χ2n) is 6.98. The first kappa shape index (κ1) is 18.3. The third-order valence-corrected chi connectivity index (χ3v) is 5.33. The van der Waals surface area contributed by atoms with E-state index in [-0.39, 0.29) is 12.0 Å². The van der Waals surface area contributed by atoms with Crippen LogP contribution in [0.15, 0.2) is 73.4 Å². The molecule has 1 fully saturated rings. The topological polar surface area (TPSA) is 79.2 Å². The van der Waals surface area contributed by atoms with E-state index in [0.29, 0.717) is 6.42 Å². The van der Waals surface area contributed by atoms with Crippen molar-refractivity contribution in [1.82, 2.24) is 19.9 Å². The van der Waals surface area contributed by atoms with E-state index in [1.54, 1.807) is 18.6 Å². The Morgan fingerprint density at radius 1 is 1.00 bits per heavy atom. The van der Waals surface area contributed by atoms with Gasteiger partial charge in [-0.05, 0) is 54.8 Å². The van der Waals surface area contributed by atoms with Crippen molar-refractivity contribution in [3.63, 3.8) is 0 Å². The number of aromatic nitrogens is 3. The first-order chi connectivity index (χ1) is 13.8. The molecular formula is C22H22N4O2. The minimum absolute atomic E-state index is 0.128. The number of aliphatic carboxylic acids is 1. The predicted molar refractivity (Wildman–Crippen MR) is 105 cm³/mol. The number of carbonyl (C=O) groups is 1. The van der Waals surface area contributed by atoms with Gasteiger partial charge in [-0.15, -0.1) is 0 Å². The van der Waals surface area contributed by atoms with Crippen LogP contribution in [-0.4, -0.2) is 43.5 Å². The molecule has 4 rings (SSSR count). The van der Waals surface area contributed by atoms with Gasteiger partial charge < -0.3 is 5.11 Å². The third-order valence-electron chi connectivity index (χ3n) is 5.33. The zero-order valence-electron chi connectivity index (χ0n) is 15.4. The average Bonchev–Trinajstić information content (AvgIpc) is 3.23. The van der Waals surface area contributed by atoms with E-state index in [1.807, 2.05) is 54.9 Å². The van der Waals surface area contributed by atoms with Gasteiger partial charge in [0, 0.05) is 36.9 Å². The lowest BCUT2D eigenvalue weighted by Crippen LogP contribution is -2.41. The van der Waals surface area contributed by atoms with Gasteiger partial charge in [0.2, 0.25) is 0 Å². The number of carboxylic acids is 1. The lowest BCUT2D eigenvalue weighted by Gasteiger charge is -2.37. The highest BCUT2D eigenvalue weighted by Gasteiger charge is 2.41. The number of pyridine rings is 3. The van der Waals surface area contributed by atoms with Crippen LogP contribution >= 0.6 is 0 Å². The molecule has 2 atom stereocenters. The van der Waals surface area contributed by atoms with Gasteiger partial charge in [-0.3, -0.25) is 24.6 Å². The molecule has 6 nitrogen and oxygen atoms in total. The molecule has 0 radical (unpaired) electrons. The highest BCUT2D eigenvalue weighted by molar-refractivity contribution is 5.74. The monoisotopic (exact) mass is 374 g/mol. The fraction of sp³-hybridized carbons (Fsp3) is 0.273. The molecule has 1 unspecified atom stereocenters. The molecule has 0 aromatic carbocycles. The van der Waals surface area contributed by atoms with Crippen molar-refractivity contribution in [3.8, 4) is 0 Å². The Hall–Kier alpha value is -3.12. The Bertz CT molecular complexity index is 866. The van der Waals surface area contributed by atoms with Gasteiger partial charge in [-0.2, -0.15) is 0 Å². The van der Waals surface area contributed by atoms with Crippen molar-refractivity contribution in [3.05, 3.63) is 90.3 Å². The summed E-state index contributed by atoms with van der Waals surface area (Å²) in [5, 5.41) is 9.82. The fourth-order valence-corrected chi connectivity index (χ4v) is 4.15. The predicted octanol–water partition coefficient (Wildman–Crippen LogP) is 3.29. The van der Waals surface area contributed by atoms with E-state index in [4.69, 9.17) is 0 Å². The molecule has 3 aromatic rings. The van der Waals surface area contributed by atoms with Crippen molar-refractivity contribution in [2.24, 2.45) is 0 Å². The van der Waals surface area contributed by atoms with Crippen LogP contribution in [-0.2, 0) is 4.79 Å². The highest BCUT2D eigenvalue weighted by atomic mass is 16.4. The molecule has 6 heteroatoms. The molecule has 0 aliphatic carbocycles. The SMILES string of the molecule is O=C(O)[C@@H]1CCCN1C(c1ccccn1)C(c1cccnc1)c1cccnc1. The maximum atomic E-state index is 12.0. The van der Waals surface area contributed by atoms with Crippen molar-refractivity contribution >= 4 is 5.97 Å². The number of likely N-dealkylation sites (tertiary alicyclic amines) is 1. The van der Waals surface area contributed by atoms with Crippen LogP contribution in [0.4, 0.5) is 0 Å². The Labute approximate surface area is 163 Å². The van der Waals surface area contributed by atoms with E-state index < -0.39 is 12.0 Å². The van der Waals surface area contributed by atoms with Crippen molar-refractivity contribution in [1.29, 1.82) is 0 Å². The summed E-state index contributed by atoms with van der Waals surface area (Å²) < 4.78 is 0. The quantitative estimate of drug-likeness (QED) is 0.713.